The quantitative estimate of drug-likeness (QED) is 0.384. The maximum Gasteiger partial charge on any atom is 0.326 e. The molecule has 1 heterocycles. The highest BCUT2D eigenvalue weighted by Gasteiger charge is 2.22. The molecule has 0 spiro atoms. The van der Waals surface area contributed by atoms with Crippen LogP contribution < -0.4 is 10.6 Å². The van der Waals surface area contributed by atoms with Crippen molar-refractivity contribution in [2.75, 3.05) is 0 Å². The Morgan fingerprint density at radius 1 is 1.20 bits per heavy atom. The number of urea groups is 1. The lowest BCUT2D eigenvalue weighted by Gasteiger charge is -1.96. The zero-order chi connectivity index (χ0) is 14.7. The summed E-state index contributed by atoms with van der Waals surface area (Å²) >= 11 is 5.93. The number of benzene rings is 1. The van der Waals surface area contributed by atoms with Crippen LogP contribution in [0.2, 0.25) is 0 Å². The van der Waals surface area contributed by atoms with Gasteiger partial charge < -0.3 is 5.32 Å². The molecule has 8 heteroatoms. The highest BCUT2D eigenvalue weighted by atomic mass is 35.5. The second kappa shape index (κ2) is 5.54. The number of carbonyl (C=O) groups is 2. The fourth-order valence-electron chi connectivity index (χ4n) is 1.51. The lowest BCUT2D eigenvalue weighted by atomic mass is 10.2. The number of halogens is 1. The van der Waals surface area contributed by atoms with E-state index >= 15 is 0 Å². The number of hydrogen-bond acceptors (Lipinski definition) is 4. The van der Waals surface area contributed by atoms with Crippen molar-refractivity contribution in [3.8, 4) is 0 Å². The molecule has 20 heavy (non-hydrogen) atoms. The zero-order valence-electron chi connectivity index (χ0n) is 9.92. The Bertz CT molecular complexity index is 649. The maximum atomic E-state index is 11.3. The summed E-state index contributed by atoms with van der Waals surface area (Å²) in [6, 6.07) is 5.11. The molecular formula is C12H8ClN3O4. The third kappa shape index (κ3) is 3.21. The molecule has 1 aromatic rings. The van der Waals surface area contributed by atoms with Crippen LogP contribution in [0.1, 0.15) is 5.56 Å². The fraction of sp³-hybridized carbons (Fsp3) is 0. The number of hydrogen-bond donors (Lipinski definition) is 2. The topological polar surface area (TPSA) is 101 Å². The highest BCUT2D eigenvalue weighted by molar-refractivity contribution is 6.33. The van der Waals surface area contributed by atoms with Gasteiger partial charge in [0.25, 0.3) is 11.6 Å². The van der Waals surface area contributed by atoms with Crippen molar-refractivity contribution in [2.24, 2.45) is 0 Å². The summed E-state index contributed by atoms with van der Waals surface area (Å²) in [5, 5.41) is 15.0. The average Bonchev–Trinajstić information content (AvgIpc) is 2.68. The predicted octanol–water partition coefficient (Wildman–Crippen LogP) is 1.90. The molecule has 1 aliphatic rings. The van der Waals surface area contributed by atoms with E-state index in [1.165, 1.54) is 36.4 Å². The van der Waals surface area contributed by atoms with Crippen molar-refractivity contribution >= 4 is 35.3 Å². The molecule has 2 N–H and O–H groups in total. The van der Waals surface area contributed by atoms with Crippen molar-refractivity contribution in [1.82, 2.24) is 10.6 Å². The number of carbonyl (C=O) groups excluding carboxylic acids is 2. The predicted molar refractivity (Wildman–Crippen MR) is 71.7 cm³/mol. The summed E-state index contributed by atoms with van der Waals surface area (Å²) in [4.78, 5) is 32.2. The van der Waals surface area contributed by atoms with Gasteiger partial charge in [0.1, 0.15) is 5.70 Å². The fourth-order valence-corrected chi connectivity index (χ4v) is 1.75. The molecule has 0 saturated carbocycles. The lowest BCUT2D eigenvalue weighted by Crippen LogP contribution is -2.22. The summed E-state index contributed by atoms with van der Waals surface area (Å²) in [6.45, 7) is 0. The summed E-state index contributed by atoms with van der Waals surface area (Å²) in [7, 11) is 0. The SMILES string of the molecule is O=C1NC(=O)/C(=C/C(Cl)=C/c2ccc([N+](=O)[O-])cc2)N1. The van der Waals surface area contributed by atoms with Gasteiger partial charge in [0.05, 0.1) is 4.92 Å². The first kappa shape index (κ1) is 13.8. The molecule has 0 aliphatic carbocycles. The molecule has 2 rings (SSSR count). The second-order valence-corrected chi connectivity index (χ2v) is 4.28. The minimum atomic E-state index is -0.610. The highest BCUT2D eigenvalue weighted by Crippen LogP contribution is 2.17. The lowest BCUT2D eigenvalue weighted by molar-refractivity contribution is -0.384. The Morgan fingerprint density at radius 3 is 2.35 bits per heavy atom. The van der Waals surface area contributed by atoms with Gasteiger partial charge >= 0.3 is 6.03 Å². The molecule has 0 unspecified atom stereocenters. The first-order valence-electron chi connectivity index (χ1n) is 5.41. The minimum Gasteiger partial charge on any atom is -0.303 e. The van der Waals surface area contributed by atoms with E-state index in [1.54, 1.807) is 0 Å². The van der Waals surface area contributed by atoms with E-state index in [0.29, 0.717) is 5.56 Å². The summed E-state index contributed by atoms with van der Waals surface area (Å²) in [5.41, 5.74) is 0.638. The zero-order valence-corrected chi connectivity index (χ0v) is 10.7. The smallest absolute Gasteiger partial charge is 0.303 e. The number of allylic oxidation sites excluding steroid dienone is 2. The molecule has 1 aliphatic heterocycles. The van der Waals surface area contributed by atoms with Gasteiger partial charge in [-0.05, 0) is 29.8 Å². The van der Waals surface area contributed by atoms with Crippen molar-refractivity contribution in [1.29, 1.82) is 0 Å². The largest absolute Gasteiger partial charge is 0.326 e. The number of nitrogens with zero attached hydrogens (tertiary/aromatic N) is 1. The van der Waals surface area contributed by atoms with Gasteiger partial charge in [-0.25, -0.2) is 4.79 Å². The number of amides is 3. The van der Waals surface area contributed by atoms with E-state index in [0.717, 1.165) is 0 Å². The molecule has 1 fully saturated rings. The van der Waals surface area contributed by atoms with Crippen LogP contribution in [0, 0.1) is 10.1 Å². The van der Waals surface area contributed by atoms with E-state index in [2.05, 4.69) is 5.32 Å². The minimum absolute atomic E-state index is 0.0286. The van der Waals surface area contributed by atoms with Crippen LogP contribution in [-0.4, -0.2) is 16.9 Å². The van der Waals surface area contributed by atoms with Crippen LogP contribution in [0.15, 0.2) is 41.1 Å². The Labute approximate surface area is 118 Å². The Morgan fingerprint density at radius 2 is 1.85 bits per heavy atom. The first-order chi connectivity index (χ1) is 9.45. The van der Waals surface area contributed by atoms with E-state index in [9.17, 15) is 19.7 Å². The first-order valence-corrected chi connectivity index (χ1v) is 5.79. The van der Waals surface area contributed by atoms with Gasteiger partial charge in [-0.3, -0.25) is 20.2 Å². The van der Waals surface area contributed by atoms with E-state index < -0.39 is 16.9 Å². The van der Waals surface area contributed by atoms with E-state index in [1.807, 2.05) is 5.32 Å². The normalized spacial score (nSPS) is 17.1. The van der Waals surface area contributed by atoms with Crippen molar-refractivity contribution in [3.63, 3.8) is 0 Å². The number of imide groups is 1. The molecule has 0 atom stereocenters. The monoisotopic (exact) mass is 293 g/mol. The Kier molecular flexibility index (Phi) is 3.81. The van der Waals surface area contributed by atoms with Gasteiger partial charge in [-0.15, -0.1) is 0 Å². The molecule has 0 aromatic heterocycles. The molecule has 1 aromatic carbocycles. The standard InChI is InChI=1S/C12H8ClN3O4/c13-8(6-10-11(17)15-12(18)14-10)5-7-1-3-9(4-2-7)16(19)20/h1-6H,(H2,14,15,17,18)/b8-5-,10-6-. The number of nitro benzene ring substituents is 1. The molecule has 0 radical (unpaired) electrons. The van der Waals surface area contributed by atoms with Crippen LogP contribution in [0.5, 0.6) is 0 Å². The Balaban J connectivity index is 2.18. The Hall–Kier alpha value is -2.67. The number of nitrogens with one attached hydrogen (secondary N) is 2. The van der Waals surface area contributed by atoms with Gasteiger partial charge in [-0.2, -0.15) is 0 Å². The number of rotatable bonds is 3. The third-order valence-corrected chi connectivity index (χ3v) is 2.63. The maximum absolute atomic E-state index is 11.3. The van der Waals surface area contributed by atoms with Crippen LogP contribution in [0.3, 0.4) is 0 Å². The number of nitro groups is 1. The average molecular weight is 294 g/mol. The molecule has 0 bridgehead atoms. The molecular weight excluding hydrogens is 286 g/mol. The van der Waals surface area contributed by atoms with E-state index in [-0.39, 0.29) is 16.4 Å². The number of non-ortho nitro benzene ring substituents is 1. The van der Waals surface area contributed by atoms with Gasteiger partial charge in [-0.1, -0.05) is 11.6 Å². The summed E-state index contributed by atoms with van der Waals surface area (Å²) < 4.78 is 0. The van der Waals surface area contributed by atoms with Crippen LogP contribution >= 0.6 is 11.6 Å². The van der Waals surface area contributed by atoms with Gasteiger partial charge in [0, 0.05) is 17.2 Å². The summed E-state index contributed by atoms with van der Waals surface area (Å²) in [6.07, 6.45) is 2.80. The van der Waals surface area contributed by atoms with Crippen molar-refractivity contribution < 1.29 is 14.5 Å². The second-order valence-electron chi connectivity index (χ2n) is 3.84. The van der Waals surface area contributed by atoms with Crippen LogP contribution in [-0.2, 0) is 4.79 Å². The molecule has 1 saturated heterocycles. The van der Waals surface area contributed by atoms with Crippen LogP contribution in [0.25, 0.3) is 6.08 Å². The van der Waals surface area contributed by atoms with Gasteiger partial charge in [0.15, 0.2) is 0 Å². The third-order valence-electron chi connectivity index (χ3n) is 2.41. The van der Waals surface area contributed by atoms with Crippen molar-refractivity contribution in [2.45, 2.75) is 0 Å². The van der Waals surface area contributed by atoms with E-state index in [4.69, 9.17) is 11.6 Å². The molecule has 3 amide bonds. The molecule has 102 valence electrons. The van der Waals surface area contributed by atoms with Crippen LogP contribution in [0.4, 0.5) is 10.5 Å². The van der Waals surface area contributed by atoms with Gasteiger partial charge in [0.2, 0.25) is 0 Å². The van der Waals surface area contributed by atoms with Crippen molar-refractivity contribution in [3.05, 3.63) is 56.7 Å². The summed E-state index contributed by atoms with van der Waals surface area (Å²) in [5.74, 6) is -0.565. The molecule has 7 nitrogen and oxygen atoms in total.